The number of aryl methyl sites for hydroxylation is 2. The summed E-state index contributed by atoms with van der Waals surface area (Å²) in [5, 5.41) is 32.8. The number of alkyl halides is 3. The van der Waals surface area contributed by atoms with Gasteiger partial charge in [-0.2, -0.15) is 13.2 Å². The summed E-state index contributed by atoms with van der Waals surface area (Å²) in [6.07, 6.45) is -6.34. The van der Waals surface area contributed by atoms with E-state index in [1.165, 1.54) is 53.6 Å². The fourth-order valence-electron chi connectivity index (χ4n) is 7.62. The highest BCUT2D eigenvalue weighted by molar-refractivity contribution is 5.83. The van der Waals surface area contributed by atoms with E-state index in [0.717, 1.165) is 48.0 Å². The molecule has 0 bridgehead atoms. The number of aliphatic carboxylic acids is 2. The van der Waals surface area contributed by atoms with Gasteiger partial charge in [0.1, 0.15) is 12.2 Å². The molecule has 7 rings (SSSR count). The number of nitrogens with zero attached hydrogens (tertiary/aromatic N) is 4. The SMILES string of the molecule is CC1CCCN1Cc1ccc(-c2ccc3c(=O)cc(CCc4cccc(F)c4F)n(CC(=O)N(C)Cc4ccc(-c5ccc(C(F)(F)F)cc5)cc4)c3n2)cc1.O=C(O)[C@H](O)[C@@H](O)C(=O)O. The summed E-state index contributed by atoms with van der Waals surface area (Å²) >= 11 is 0. The lowest BCUT2D eigenvalue weighted by Crippen LogP contribution is -2.39. The van der Waals surface area contributed by atoms with Gasteiger partial charge in [0.15, 0.2) is 29.3 Å². The maximum Gasteiger partial charge on any atom is 0.416 e. The molecule has 4 aromatic carbocycles. The van der Waals surface area contributed by atoms with Crippen molar-refractivity contribution in [2.24, 2.45) is 0 Å². The number of aliphatic hydroxyl groups is 2. The van der Waals surface area contributed by atoms with Crippen molar-refractivity contribution in [2.75, 3.05) is 13.6 Å². The van der Waals surface area contributed by atoms with E-state index in [0.29, 0.717) is 34.0 Å². The maximum atomic E-state index is 14.7. The molecule has 17 heteroatoms. The van der Waals surface area contributed by atoms with Crippen LogP contribution in [0.2, 0.25) is 0 Å². The first-order valence-electron chi connectivity index (χ1n) is 20.9. The molecule has 1 unspecified atom stereocenters. The van der Waals surface area contributed by atoms with Crippen molar-refractivity contribution < 1.29 is 56.8 Å². The first kappa shape index (κ1) is 48.6. The summed E-state index contributed by atoms with van der Waals surface area (Å²) in [5.74, 6) is -5.74. The van der Waals surface area contributed by atoms with Gasteiger partial charge < -0.3 is 29.9 Å². The molecule has 6 aromatic rings. The fourth-order valence-corrected chi connectivity index (χ4v) is 7.62. The number of hydrogen-bond acceptors (Lipinski definition) is 8. The van der Waals surface area contributed by atoms with E-state index in [1.54, 1.807) is 35.9 Å². The second kappa shape index (κ2) is 21.0. The van der Waals surface area contributed by atoms with Crippen LogP contribution in [0.5, 0.6) is 0 Å². The van der Waals surface area contributed by atoms with Gasteiger partial charge >= 0.3 is 18.1 Å². The molecule has 0 saturated carbocycles. The lowest BCUT2D eigenvalue weighted by Gasteiger charge is -2.22. The number of halogens is 5. The van der Waals surface area contributed by atoms with Crippen molar-refractivity contribution in [3.05, 3.63) is 159 Å². The average molecular weight is 915 g/mol. The Morgan fingerprint density at radius 1 is 0.803 bits per heavy atom. The molecule has 0 spiro atoms. The van der Waals surface area contributed by atoms with Gasteiger partial charge in [0, 0.05) is 43.5 Å². The van der Waals surface area contributed by atoms with Crippen LogP contribution in [0.15, 0.2) is 114 Å². The molecule has 3 atom stereocenters. The van der Waals surface area contributed by atoms with Gasteiger partial charge in [-0.05, 0) is 97.3 Å². The van der Waals surface area contributed by atoms with E-state index in [9.17, 15) is 41.1 Å². The number of benzene rings is 4. The molecule has 66 heavy (non-hydrogen) atoms. The van der Waals surface area contributed by atoms with Crippen LogP contribution in [0.3, 0.4) is 0 Å². The van der Waals surface area contributed by atoms with E-state index >= 15 is 0 Å². The van der Waals surface area contributed by atoms with E-state index in [4.69, 9.17) is 25.4 Å². The highest BCUT2D eigenvalue weighted by Crippen LogP contribution is 2.31. The lowest BCUT2D eigenvalue weighted by atomic mass is 10.0. The van der Waals surface area contributed by atoms with Crippen molar-refractivity contribution in [1.29, 1.82) is 0 Å². The molecule has 0 radical (unpaired) electrons. The summed E-state index contributed by atoms with van der Waals surface area (Å²) in [6, 6.07) is 29.8. The third kappa shape index (κ3) is 11.9. The van der Waals surface area contributed by atoms with Gasteiger partial charge in [-0.3, -0.25) is 14.5 Å². The molecule has 12 nitrogen and oxygen atoms in total. The van der Waals surface area contributed by atoms with Crippen LogP contribution in [0.4, 0.5) is 22.0 Å². The average Bonchev–Trinajstić information content (AvgIpc) is 3.70. The second-order valence-corrected chi connectivity index (χ2v) is 16.1. The summed E-state index contributed by atoms with van der Waals surface area (Å²) in [7, 11) is 1.65. The van der Waals surface area contributed by atoms with Crippen molar-refractivity contribution in [2.45, 2.75) is 76.7 Å². The predicted octanol–water partition coefficient (Wildman–Crippen LogP) is 7.33. The van der Waals surface area contributed by atoms with Gasteiger partial charge in [0.25, 0.3) is 0 Å². The molecular weight excluding hydrogens is 868 g/mol. The van der Waals surface area contributed by atoms with E-state index < -0.39 is 47.5 Å². The topological polar surface area (TPSA) is 174 Å². The standard InChI is InChI=1S/C45H41F5N4O2.C4H6O6/c1-29-5-4-24-53(29)27-31-10-14-34(15-11-31)40-23-22-38-41(55)25-37(21-18-35-6-3-7-39(46)43(35)47)54(44(38)51-40)28-42(56)52(2)26-30-8-12-32(13-9-30)33-16-19-36(20-17-33)45(48,49)50;5-1(3(7)8)2(6)4(9)10/h3,6-17,19-20,22-23,25,29H,4-5,18,21,24,26-28H2,1-2H3;1-2,5-6H,(H,7,8)(H,9,10)/t;1-,2-/m.1/s1. The molecule has 1 aliphatic rings. The van der Waals surface area contributed by atoms with Crippen molar-refractivity contribution in [3.63, 3.8) is 0 Å². The number of amides is 1. The van der Waals surface area contributed by atoms with Crippen LogP contribution >= 0.6 is 0 Å². The van der Waals surface area contributed by atoms with Gasteiger partial charge in [0.2, 0.25) is 5.91 Å². The molecule has 3 heterocycles. The van der Waals surface area contributed by atoms with Crippen molar-refractivity contribution >= 4 is 28.9 Å². The lowest BCUT2D eigenvalue weighted by molar-refractivity contribution is -0.165. The minimum atomic E-state index is -4.42. The third-order valence-electron chi connectivity index (χ3n) is 11.5. The molecule has 1 amide bonds. The first-order valence-corrected chi connectivity index (χ1v) is 20.9. The number of likely N-dealkylation sites (N-methyl/N-ethyl adjacent to an activating group) is 1. The van der Waals surface area contributed by atoms with Crippen LogP contribution in [0, 0.1) is 11.6 Å². The number of aromatic nitrogens is 2. The van der Waals surface area contributed by atoms with Crippen LogP contribution in [-0.2, 0) is 53.0 Å². The van der Waals surface area contributed by atoms with E-state index in [2.05, 4.69) is 24.0 Å². The van der Waals surface area contributed by atoms with Gasteiger partial charge in [-0.1, -0.05) is 72.8 Å². The Labute approximate surface area is 375 Å². The Morgan fingerprint density at radius 3 is 1.97 bits per heavy atom. The van der Waals surface area contributed by atoms with Gasteiger partial charge in [-0.15, -0.1) is 0 Å². The number of aliphatic hydroxyl groups excluding tert-OH is 2. The smallest absolute Gasteiger partial charge is 0.416 e. The number of carbonyl (C=O) groups excluding carboxylic acids is 1. The summed E-state index contributed by atoms with van der Waals surface area (Å²) in [6.45, 7) is 4.24. The molecule has 2 aromatic heterocycles. The second-order valence-electron chi connectivity index (χ2n) is 16.1. The molecule has 0 aliphatic carbocycles. The van der Waals surface area contributed by atoms with Gasteiger partial charge in [-0.25, -0.2) is 23.4 Å². The zero-order valence-corrected chi connectivity index (χ0v) is 35.9. The molecule has 346 valence electrons. The Kier molecular flexibility index (Phi) is 15.5. The zero-order chi connectivity index (χ0) is 47.9. The number of likely N-dealkylation sites (tertiary alicyclic amines) is 1. The molecule has 1 saturated heterocycles. The number of rotatable bonds is 14. The fraction of sp³-hybridized carbons (Fsp3) is 0.286. The summed E-state index contributed by atoms with van der Waals surface area (Å²) in [4.78, 5) is 55.9. The number of hydrogen-bond donors (Lipinski definition) is 4. The number of carboxylic acid groups (broad SMARTS) is 2. The normalized spacial score (nSPS) is 14.9. The monoisotopic (exact) mass is 914 g/mol. The molecule has 1 fully saturated rings. The van der Waals surface area contributed by atoms with Crippen molar-refractivity contribution in [3.8, 4) is 22.4 Å². The van der Waals surface area contributed by atoms with Gasteiger partial charge in [0.05, 0.1) is 16.6 Å². The quantitative estimate of drug-likeness (QED) is 0.0811. The van der Waals surface area contributed by atoms with Crippen LogP contribution in [0.1, 0.15) is 47.7 Å². The van der Waals surface area contributed by atoms with E-state index in [-0.39, 0.29) is 42.8 Å². The summed E-state index contributed by atoms with van der Waals surface area (Å²) in [5.41, 5.74) is 4.70. The minimum absolute atomic E-state index is 0.0840. The predicted molar refractivity (Wildman–Crippen MR) is 235 cm³/mol. The highest BCUT2D eigenvalue weighted by atomic mass is 19.4. The largest absolute Gasteiger partial charge is 0.479 e. The van der Waals surface area contributed by atoms with Crippen LogP contribution in [-0.4, -0.2) is 89.5 Å². The highest BCUT2D eigenvalue weighted by Gasteiger charge is 2.30. The maximum absolute atomic E-state index is 14.7. The zero-order valence-electron chi connectivity index (χ0n) is 35.9. The number of fused-ring (bicyclic) bond motifs is 1. The number of carboxylic acids is 2. The van der Waals surface area contributed by atoms with Crippen LogP contribution in [0.25, 0.3) is 33.4 Å². The molecule has 4 N–H and O–H groups in total. The molecular formula is C49H47F5N4O8. The Balaban J connectivity index is 0.000000645. The van der Waals surface area contributed by atoms with Crippen molar-refractivity contribution in [1.82, 2.24) is 19.4 Å². The number of carbonyl (C=O) groups is 3. The Bertz CT molecular complexity index is 2730. The first-order chi connectivity index (χ1) is 31.3. The molecule has 1 aliphatic heterocycles. The Morgan fingerprint density at radius 2 is 1.39 bits per heavy atom. The third-order valence-corrected chi connectivity index (χ3v) is 11.5. The summed E-state index contributed by atoms with van der Waals surface area (Å²) < 4.78 is 69.6. The van der Waals surface area contributed by atoms with Crippen LogP contribution < -0.4 is 5.43 Å². The minimum Gasteiger partial charge on any atom is -0.479 e. The Hall–Kier alpha value is -6.82. The van der Waals surface area contributed by atoms with E-state index in [1.807, 2.05) is 24.3 Å². The number of pyridine rings is 2.